The molecule has 0 fully saturated rings. The highest BCUT2D eigenvalue weighted by Crippen LogP contribution is 2.20. The summed E-state index contributed by atoms with van der Waals surface area (Å²) in [5.74, 6) is 1.53. The van der Waals surface area contributed by atoms with Crippen molar-refractivity contribution in [1.82, 2.24) is 19.7 Å². The summed E-state index contributed by atoms with van der Waals surface area (Å²) >= 11 is 0. The van der Waals surface area contributed by atoms with Gasteiger partial charge in [-0.2, -0.15) is 10.1 Å². The SMILES string of the molecule is COc1nc(N)ccc1-n1cnc(C)n1. The van der Waals surface area contributed by atoms with Crippen molar-refractivity contribution in [1.29, 1.82) is 0 Å². The van der Waals surface area contributed by atoms with Gasteiger partial charge in [0.15, 0.2) is 0 Å². The zero-order valence-electron chi connectivity index (χ0n) is 8.51. The lowest BCUT2D eigenvalue weighted by Gasteiger charge is -2.06. The van der Waals surface area contributed by atoms with Crippen molar-refractivity contribution in [2.45, 2.75) is 6.92 Å². The van der Waals surface area contributed by atoms with Crippen molar-refractivity contribution >= 4 is 5.82 Å². The molecule has 6 nitrogen and oxygen atoms in total. The van der Waals surface area contributed by atoms with Crippen molar-refractivity contribution in [3.63, 3.8) is 0 Å². The van der Waals surface area contributed by atoms with E-state index in [9.17, 15) is 0 Å². The van der Waals surface area contributed by atoms with Gasteiger partial charge in [0.25, 0.3) is 0 Å². The average Bonchev–Trinajstić information content (AvgIpc) is 2.64. The van der Waals surface area contributed by atoms with E-state index in [4.69, 9.17) is 10.5 Å². The molecule has 0 saturated heterocycles. The lowest BCUT2D eigenvalue weighted by Crippen LogP contribution is -2.02. The summed E-state index contributed by atoms with van der Waals surface area (Å²) in [7, 11) is 1.54. The van der Waals surface area contributed by atoms with Crippen molar-refractivity contribution in [3.05, 3.63) is 24.3 Å². The highest BCUT2D eigenvalue weighted by molar-refractivity contribution is 5.46. The molecule has 0 aliphatic heterocycles. The summed E-state index contributed by atoms with van der Waals surface area (Å²) in [6.07, 6.45) is 1.60. The Morgan fingerprint density at radius 2 is 2.20 bits per heavy atom. The third-order valence-corrected chi connectivity index (χ3v) is 1.91. The second-order valence-corrected chi connectivity index (χ2v) is 3.00. The molecule has 0 atom stereocenters. The minimum absolute atomic E-state index is 0.410. The van der Waals surface area contributed by atoms with Crippen molar-refractivity contribution in [2.75, 3.05) is 12.8 Å². The Labute approximate surface area is 86.7 Å². The van der Waals surface area contributed by atoms with Gasteiger partial charge in [-0.25, -0.2) is 9.67 Å². The number of nitrogen functional groups attached to an aromatic ring is 1. The predicted octanol–water partition coefficient (Wildman–Crippen LogP) is 0.562. The van der Waals surface area contributed by atoms with E-state index < -0.39 is 0 Å². The molecule has 0 amide bonds. The number of hydrogen-bond acceptors (Lipinski definition) is 5. The van der Waals surface area contributed by atoms with E-state index >= 15 is 0 Å². The summed E-state index contributed by atoms with van der Waals surface area (Å²) in [6, 6.07) is 3.48. The maximum Gasteiger partial charge on any atom is 0.241 e. The first kappa shape index (κ1) is 9.45. The third-order valence-electron chi connectivity index (χ3n) is 1.91. The number of nitrogens with zero attached hydrogens (tertiary/aromatic N) is 4. The fourth-order valence-corrected chi connectivity index (χ4v) is 1.23. The minimum atomic E-state index is 0.410. The fourth-order valence-electron chi connectivity index (χ4n) is 1.23. The lowest BCUT2D eigenvalue weighted by molar-refractivity contribution is 0.395. The molecular formula is C9H11N5O. The van der Waals surface area contributed by atoms with Crippen LogP contribution >= 0.6 is 0 Å². The van der Waals surface area contributed by atoms with Gasteiger partial charge in [0.1, 0.15) is 23.7 Å². The number of aromatic nitrogens is 4. The first-order chi connectivity index (χ1) is 7.20. The molecule has 2 aromatic heterocycles. The predicted molar refractivity (Wildman–Crippen MR) is 54.9 cm³/mol. The normalized spacial score (nSPS) is 10.3. The first-order valence-corrected chi connectivity index (χ1v) is 4.40. The van der Waals surface area contributed by atoms with Gasteiger partial charge in [0.05, 0.1) is 7.11 Å². The topological polar surface area (TPSA) is 78.9 Å². The van der Waals surface area contributed by atoms with Gasteiger partial charge in [-0.15, -0.1) is 0 Å². The Hall–Kier alpha value is -2.11. The van der Waals surface area contributed by atoms with Gasteiger partial charge < -0.3 is 10.5 Å². The van der Waals surface area contributed by atoms with Gasteiger partial charge in [-0.3, -0.25) is 0 Å². The fraction of sp³-hybridized carbons (Fsp3) is 0.222. The van der Waals surface area contributed by atoms with Crippen LogP contribution in [-0.2, 0) is 0 Å². The largest absolute Gasteiger partial charge is 0.479 e. The molecule has 0 radical (unpaired) electrons. The molecule has 2 aromatic rings. The molecule has 0 bridgehead atoms. The number of pyridine rings is 1. The Bertz CT molecular complexity index is 479. The van der Waals surface area contributed by atoms with Crippen molar-refractivity contribution < 1.29 is 4.74 Å². The molecule has 0 spiro atoms. The van der Waals surface area contributed by atoms with Crippen molar-refractivity contribution in [3.8, 4) is 11.6 Å². The second kappa shape index (κ2) is 3.56. The number of nitrogens with two attached hydrogens (primary N) is 1. The molecule has 0 unspecified atom stereocenters. The van der Waals surface area contributed by atoms with Gasteiger partial charge in [-0.05, 0) is 19.1 Å². The van der Waals surface area contributed by atoms with Crippen LogP contribution < -0.4 is 10.5 Å². The Kier molecular flexibility index (Phi) is 2.24. The molecule has 0 aromatic carbocycles. The highest BCUT2D eigenvalue weighted by atomic mass is 16.5. The quantitative estimate of drug-likeness (QED) is 0.775. The molecule has 2 rings (SSSR count). The van der Waals surface area contributed by atoms with Gasteiger partial charge in [0, 0.05) is 0 Å². The van der Waals surface area contributed by atoms with Gasteiger partial charge in [-0.1, -0.05) is 0 Å². The number of hydrogen-bond donors (Lipinski definition) is 1. The van der Waals surface area contributed by atoms with Crippen LogP contribution in [0, 0.1) is 6.92 Å². The molecule has 78 valence electrons. The van der Waals surface area contributed by atoms with Crippen LogP contribution in [0.3, 0.4) is 0 Å². The molecule has 0 saturated carbocycles. The van der Waals surface area contributed by atoms with Crippen LogP contribution in [0.4, 0.5) is 5.82 Å². The zero-order chi connectivity index (χ0) is 10.8. The summed E-state index contributed by atoms with van der Waals surface area (Å²) in [4.78, 5) is 8.07. The second-order valence-electron chi connectivity index (χ2n) is 3.00. The molecule has 0 aliphatic rings. The van der Waals surface area contributed by atoms with Crippen LogP contribution in [-0.4, -0.2) is 26.9 Å². The number of rotatable bonds is 2. The summed E-state index contributed by atoms with van der Waals surface area (Å²) in [6.45, 7) is 1.81. The van der Waals surface area contributed by atoms with Crippen LogP contribution in [0.2, 0.25) is 0 Å². The van der Waals surface area contributed by atoms with Crippen LogP contribution in [0.15, 0.2) is 18.5 Å². The third kappa shape index (κ3) is 1.74. The highest BCUT2D eigenvalue weighted by Gasteiger charge is 2.08. The molecule has 0 aliphatic carbocycles. The van der Waals surface area contributed by atoms with Crippen molar-refractivity contribution in [2.24, 2.45) is 0 Å². The maximum atomic E-state index is 5.55. The summed E-state index contributed by atoms with van der Waals surface area (Å²) in [5.41, 5.74) is 6.27. The van der Waals surface area contributed by atoms with E-state index in [-0.39, 0.29) is 0 Å². The monoisotopic (exact) mass is 205 g/mol. The molecule has 2 heterocycles. The van der Waals surface area contributed by atoms with E-state index in [1.165, 1.54) is 7.11 Å². The summed E-state index contributed by atoms with van der Waals surface area (Å²) < 4.78 is 6.71. The van der Waals surface area contributed by atoms with E-state index in [0.29, 0.717) is 23.2 Å². The van der Waals surface area contributed by atoms with E-state index in [1.54, 1.807) is 23.1 Å². The smallest absolute Gasteiger partial charge is 0.241 e. The number of methoxy groups -OCH3 is 1. The number of ether oxygens (including phenoxy) is 1. The van der Waals surface area contributed by atoms with Crippen LogP contribution in [0.1, 0.15) is 5.82 Å². The number of anilines is 1. The van der Waals surface area contributed by atoms with Gasteiger partial charge >= 0.3 is 0 Å². The lowest BCUT2D eigenvalue weighted by atomic mass is 10.4. The zero-order valence-corrected chi connectivity index (χ0v) is 8.51. The molecular weight excluding hydrogens is 194 g/mol. The average molecular weight is 205 g/mol. The summed E-state index contributed by atoms with van der Waals surface area (Å²) in [5, 5.41) is 4.16. The first-order valence-electron chi connectivity index (χ1n) is 4.40. The molecule has 6 heteroatoms. The Morgan fingerprint density at radius 1 is 1.40 bits per heavy atom. The van der Waals surface area contributed by atoms with Crippen LogP contribution in [0.5, 0.6) is 5.88 Å². The number of aryl methyl sites for hydroxylation is 1. The molecule has 15 heavy (non-hydrogen) atoms. The van der Waals surface area contributed by atoms with Gasteiger partial charge in [0.2, 0.25) is 5.88 Å². The van der Waals surface area contributed by atoms with E-state index in [0.717, 1.165) is 0 Å². The maximum absolute atomic E-state index is 5.55. The molecule has 2 N–H and O–H groups in total. The van der Waals surface area contributed by atoms with Crippen LogP contribution in [0.25, 0.3) is 5.69 Å². The van der Waals surface area contributed by atoms with E-state index in [2.05, 4.69) is 15.1 Å². The van der Waals surface area contributed by atoms with E-state index in [1.807, 2.05) is 6.92 Å². The minimum Gasteiger partial charge on any atom is -0.479 e. The standard InChI is InChI=1S/C9H11N5O/c1-6-11-5-14(13-6)7-3-4-8(10)12-9(7)15-2/h3-5H,1-2H3,(H2,10,12). The Morgan fingerprint density at radius 3 is 2.80 bits per heavy atom. The Balaban J connectivity index is 2.52.